The summed E-state index contributed by atoms with van der Waals surface area (Å²) < 4.78 is 1.53. The minimum Gasteiger partial charge on any atom is -0.341 e. The maximum atomic E-state index is 13.1. The summed E-state index contributed by atoms with van der Waals surface area (Å²) in [6.45, 7) is 3.71. The van der Waals surface area contributed by atoms with E-state index in [9.17, 15) is 9.59 Å². The van der Waals surface area contributed by atoms with Crippen molar-refractivity contribution in [2.45, 2.75) is 25.8 Å². The zero-order chi connectivity index (χ0) is 21.3. The summed E-state index contributed by atoms with van der Waals surface area (Å²) in [5.74, 6) is 0.487. The van der Waals surface area contributed by atoms with Crippen LogP contribution in [0.25, 0.3) is 6.08 Å². The van der Waals surface area contributed by atoms with Gasteiger partial charge in [0.2, 0.25) is 0 Å². The van der Waals surface area contributed by atoms with E-state index >= 15 is 0 Å². The van der Waals surface area contributed by atoms with Crippen LogP contribution in [-0.2, 0) is 20.0 Å². The highest BCUT2D eigenvalue weighted by Crippen LogP contribution is 2.24. The van der Waals surface area contributed by atoms with Gasteiger partial charge in [-0.25, -0.2) is 0 Å². The van der Waals surface area contributed by atoms with E-state index in [4.69, 9.17) is 11.6 Å². The number of likely N-dealkylation sites (tertiary alicyclic amines) is 1. The van der Waals surface area contributed by atoms with Crippen LogP contribution in [-0.4, -0.2) is 47.0 Å². The van der Waals surface area contributed by atoms with Crippen LogP contribution in [0, 0.1) is 5.92 Å². The molecule has 0 N–H and O–H groups in total. The molecule has 0 atom stereocenters. The number of amides is 1. The Balaban J connectivity index is 1.35. The highest BCUT2D eigenvalue weighted by atomic mass is 35.5. The summed E-state index contributed by atoms with van der Waals surface area (Å²) in [6.07, 6.45) is 8.30. The van der Waals surface area contributed by atoms with Crippen LogP contribution >= 0.6 is 11.6 Å². The third kappa shape index (κ3) is 4.37. The number of hydrogen-bond acceptors (Lipinski definition) is 3. The van der Waals surface area contributed by atoms with Gasteiger partial charge in [0.25, 0.3) is 11.5 Å². The molecule has 1 fully saturated rings. The highest BCUT2D eigenvalue weighted by molar-refractivity contribution is 6.30. The molecule has 158 valence electrons. The van der Waals surface area contributed by atoms with Crippen molar-refractivity contribution >= 4 is 23.6 Å². The molecule has 0 spiro atoms. The van der Waals surface area contributed by atoms with Gasteiger partial charge in [0.1, 0.15) is 0 Å². The van der Waals surface area contributed by atoms with Crippen LogP contribution in [0.4, 0.5) is 0 Å². The van der Waals surface area contributed by atoms with E-state index < -0.39 is 0 Å². The number of pyridine rings is 1. The maximum Gasteiger partial charge on any atom is 0.255 e. The van der Waals surface area contributed by atoms with Gasteiger partial charge < -0.3 is 9.47 Å². The van der Waals surface area contributed by atoms with E-state index in [-0.39, 0.29) is 11.5 Å². The first kappa shape index (κ1) is 20.9. The predicted octanol–water partition coefficient (Wildman–Crippen LogP) is 3.59. The number of rotatable bonds is 5. The van der Waals surface area contributed by atoms with Gasteiger partial charge in [-0.15, -0.1) is 0 Å². The molecule has 1 aliphatic heterocycles. The Bertz CT molecular complexity index is 1040. The largest absolute Gasteiger partial charge is 0.341 e. The van der Waals surface area contributed by atoms with Crippen LogP contribution in [0.5, 0.6) is 0 Å². The molecule has 1 aromatic carbocycles. The maximum absolute atomic E-state index is 13.1. The summed E-state index contributed by atoms with van der Waals surface area (Å²) in [5.41, 5.74) is 3.38. The lowest BCUT2D eigenvalue weighted by atomic mass is 9.95. The lowest BCUT2D eigenvalue weighted by molar-refractivity contribution is 0.0736. The van der Waals surface area contributed by atoms with E-state index in [0.29, 0.717) is 17.9 Å². The summed E-state index contributed by atoms with van der Waals surface area (Å²) in [4.78, 5) is 29.7. The molecule has 30 heavy (non-hydrogen) atoms. The molecule has 4 rings (SSSR count). The third-order valence-corrected chi connectivity index (χ3v) is 6.47. The topological polar surface area (TPSA) is 45.5 Å². The van der Waals surface area contributed by atoms with Crippen molar-refractivity contribution in [2.75, 3.05) is 26.7 Å². The molecule has 0 unspecified atom stereocenters. The number of allylic oxidation sites excluding steroid dienone is 1. The summed E-state index contributed by atoms with van der Waals surface area (Å²) in [6, 6.07) is 8.04. The van der Waals surface area contributed by atoms with Crippen LogP contribution < -0.4 is 5.56 Å². The number of hydrogen-bond donors (Lipinski definition) is 0. The second-order valence-electron chi connectivity index (χ2n) is 8.49. The Kier molecular flexibility index (Phi) is 6.11. The molecule has 1 aliphatic carbocycles. The molecule has 2 aromatic rings. The van der Waals surface area contributed by atoms with Crippen LogP contribution in [0.3, 0.4) is 0 Å². The SMILES string of the molecule is CN(CC1CCN(Cc2cccc(Cl)c2)CC1)C(=O)c1cn(C)c(=O)c2c1C=CC2. The molecule has 1 aromatic heterocycles. The third-order valence-electron chi connectivity index (χ3n) is 6.23. The molecule has 6 heteroatoms. The number of piperidine rings is 1. The van der Waals surface area contributed by atoms with Gasteiger partial charge in [-0.05, 0) is 61.5 Å². The van der Waals surface area contributed by atoms with E-state index in [2.05, 4.69) is 11.0 Å². The van der Waals surface area contributed by atoms with Crippen molar-refractivity contribution in [1.29, 1.82) is 0 Å². The van der Waals surface area contributed by atoms with Gasteiger partial charge >= 0.3 is 0 Å². The van der Waals surface area contributed by atoms with E-state index in [1.165, 1.54) is 10.1 Å². The molecule has 2 heterocycles. The van der Waals surface area contributed by atoms with Crippen molar-refractivity contribution in [1.82, 2.24) is 14.4 Å². The summed E-state index contributed by atoms with van der Waals surface area (Å²) in [5, 5.41) is 0.780. The lowest BCUT2D eigenvalue weighted by Crippen LogP contribution is -2.39. The molecule has 1 saturated heterocycles. The van der Waals surface area contributed by atoms with Gasteiger partial charge in [-0.1, -0.05) is 35.9 Å². The summed E-state index contributed by atoms with van der Waals surface area (Å²) in [7, 11) is 3.59. The lowest BCUT2D eigenvalue weighted by Gasteiger charge is -2.34. The molecular formula is C24H28ClN3O2. The Hall–Kier alpha value is -2.37. The van der Waals surface area contributed by atoms with E-state index in [0.717, 1.165) is 55.2 Å². The second kappa shape index (κ2) is 8.78. The number of aryl methyl sites for hydroxylation is 1. The van der Waals surface area contributed by atoms with E-state index in [1.54, 1.807) is 13.2 Å². The average molecular weight is 426 g/mol. The fraction of sp³-hybridized carbons (Fsp3) is 0.417. The average Bonchev–Trinajstić information content (AvgIpc) is 3.22. The van der Waals surface area contributed by atoms with Crippen molar-refractivity contribution < 1.29 is 4.79 Å². The smallest absolute Gasteiger partial charge is 0.255 e. The van der Waals surface area contributed by atoms with Crippen molar-refractivity contribution in [3.63, 3.8) is 0 Å². The minimum absolute atomic E-state index is 0.00485. The number of aromatic nitrogens is 1. The molecule has 0 bridgehead atoms. The molecule has 5 nitrogen and oxygen atoms in total. The molecular weight excluding hydrogens is 398 g/mol. The first-order valence-corrected chi connectivity index (χ1v) is 10.9. The Labute approximate surface area is 182 Å². The zero-order valence-electron chi connectivity index (χ0n) is 17.6. The van der Waals surface area contributed by atoms with Crippen molar-refractivity contribution in [2.24, 2.45) is 13.0 Å². The standard InChI is InChI=1S/C24H28ClN3O2/c1-26(24(30)22-16-27(2)23(29)21-8-4-7-20(21)22)14-17-9-11-28(12-10-17)15-18-5-3-6-19(25)13-18/h3-7,13,16-17H,8-12,14-15H2,1-2H3. The first-order valence-electron chi connectivity index (χ1n) is 10.5. The highest BCUT2D eigenvalue weighted by Gasteiger charge is 2.26. The van der Waals surface area contributed by atoms with Gasteiger partial charge in [-0.3, -0.25) is 14.5 Å². The van der Waals surface area contributed by atoms with Gasteiger partial charge in [0, 0.05) is 44.0 Å². The predicted molar refractivity (Wildman–Crippen MR) is 121 cm³/mol. The normalized spacial score (nSPS) is 16.6. The number of carbonyl (C=O) groups excluding carboxylic acids is 1. The monoisotopic (exact) mass is 425 g/mol. The van der Waals surface area contributed by atoms with Crippen molar-refractivity contribution in [3.8, 4) is 0 Å². The van der Waals surface area contributed by atoms with Crippen LogP contribution in [0.15, 0.2) is 41.3 Å². The Morgan fingerprint density at radius 1 is 1.27 bits per heavy atom. The number of benzene rings is 1. The van der Waals surface area contributed by atoms with E-state index in [1.807, 2.05) is 42.3 Å². The van der Waals surface area contributed by atoms with Crippen molar-refractivity contribution in [3.05, 3.63) is 74.2 Å². The quantitative estimate of drug-likeness (QED) is 0.735. The number of carbonyl (C=O) groups is 1. The molecule has 0 saturated carbocycles. The van der Waals surface area contributed by atoms with Gasteiger partial charge in [0.05, 0.1) is 5.56 Å². The minimum atomic E-state index is -0.0127. The second-order valence-corrected chi connectivity index (χ2v) is 8.93. The number of halogens is 1. The molecule has 2 aliphatic rings. The fourth-order valence-corrected chi connectivity index (χ4v) is 4.77. The number of fused-ring (bicyclic) bond motifs is 1. The van der Waals surface area contributed by atoms with Crippen LogP contribution in [0.2, 0.25) is 5.02 Å². The Morgan fingerprint density at radius 2 is 2.03 bits per heavy atom. The first-order chi connectivity index (χ1) is 14.4. The number of nitrogens with zero attached hydrogens (tertiary/aromatic N) is 3. The zero-order valence-corrected chi connectivity index (χ0v) is 18.4. The summed E-state index contributed by atoms with van der Waals surface area (Å²) >= 11 is 6.10. The molecule has 0 radical (unpaired) electrons. The van der Waals surface area contributed by atoms with Crippen LogP contribution in [0.1, 0.15) is 39.9 Å². The Morgan fingerprint density at radius 3 is 2.77 bits per heavy atom. The van der Waals surface area contributed by atoms with Gasteiger partial charge in [-0.2, -0.15) is 0 Å². The van der Waals surface area contributed by atoms with Gasteiger partial charge in [0.15, 0.2) is 0 Å². The fourth-order valence-electron chi connectivity index (χ4n) is 4.56. The molecule has 1 amide bonds.